The van der Waals surface area contributed by atoms with E-state index in [1.807, 2.05) is 0 Å². The maximum Gasteiger partial charge on any atom is 0.573 e. The Labute approximate surface area is 121 Å². The van der Waals surface area contributed by atoms with Gasteiger partial charge in [-0.15, -0.1) is 13.2 Å². The molecule has 0 aliphatic heterocycles. The van der Waals surface area contributed by atoms with Crippen molar-refractivity contribution in [3.63, 3.8) is 0 Å². The first-order valence-corrected chi connectivity index (χ1v) is 6.08. The highest BCUT2D eigenvalue weighted by molar-refractivity contribution is 9.08. The van der Waals surface area contributed by atoms with Crippen LogP contribution < -0.4 is 4.74 Å². The minimum atomic E-state index is -5.23. The van der Waals surface area contributed by atoms with Crippen LogP contribution in [-0.4, -0.2) is 16.6 Å². The number of nitrogens with zero attached hydrogens (tertiary/aromatic N) is 1. The largest absolute Gasteiger partial charge is 0.573 e. The van der Waals surface area contributed by atoms with Gasteiger partial charge in [0.1, 0.15) is 17.1 Å². The number of pyridine rings is 1. The lowest BCUT2D eigenvalue weighted by molar-refractivity contribution is -0.275. The molecule has 0 unspecified atom stereocenters. The molecular formula is C9H3BrClF6NO2. The van der Waals surface area contributed by atoms with Crippen molar-refractivity contribution in [3.8, 4) is 5.75 Å². The second-order valence-electron chi connectivity index (χ2n) is 3.29. The predicted molar refractivity (Wildman–Crippen MR) is 58.7 cm³/mol. The molecule has 0 N–H and O–H groups in total. The van der Waals surface area contributed by atoms with E-state index in [-0.39, 0.29) is 6.07 Å². The van der Waals surface area contributed by atoms with Crippen LogP contribution in [0.5, 0.6) is 5.75 Å². The maximum atomic E-state index is 12.5. The van der Waals surface area contributed by atoms with Gasteiger partial charge in [-0.25, -0.2) is 4.98 Å². The lowest BCUT2D eigenvalue weighted by Crippen LogP contribution is -2.21. The molecule has 0 aliphatic rings. The molecule has 0 spiro atoms. The van der Waals surface area contributed by atoms with Gasteiger partial charge in [0.25, 0.3) is 5.24 Å². The molecule has 0 amide bonds. The molecule has 20 heavy (non-hydrogen) atoms. The number of ether oxygens (including phenoxy) is 1. The van der Waals surface area contributed by atoms with Gasteiger partial charge in [0.15, 0.2) is 0 Å². The molecule has 0 aromatic carbocycles. The third-order valence-electron chi connectivity index (χ3n) is 1.92. The summed E-state index contributed by atoms with van der Waals surface area (Å²) in [5.41, 5.74) is -3.21. The van der Waals surface area contributed by atoms with E-state index in [2.05, 4.69) is 25.7 Å². The zero-order valence-corrected chi connectivity index (χ0v) is 11.4. The Morgan fingerprint density at radius 3 is 2.20 bits per heavy atom. The summed E-state index contributed by atoms with van der Waals surface area (Å²) < 4.78 is 77.5. The summed E-state index contributed by atoms with van der Waals surface area (Å²) in [6.45, 7) is 0. The van der Waals surface area contributed by atoms with Gasteiger partial charge in [0.05, 0.1) is 0 Å². The molecule has 1 rings (SSSR count). The fraction of sp³-hybridized carbons (Fsp3) is 0.333. The first-order chi connectivity index (χ1) is 8.95. The van der Waals surface area contributed by atoms with Crippen LogP contribution >= 0.6 is 27.5 Å². The Balaban J connectivity index is 3.54. The second-order valence-corrected chi connectivity index (χ2v) is 4.19. The molecule has 0 aliphatic carbocycles. The van der Waals surface area contributed by atoms with Gasteiger partial charge in [-0.05, 0) is 11.6 Å². The van der Waals surface area contributed by atoms with Crippen molar-refractivity contribution in [1.29, 1.82) is 0 Å². The average molecular weight is 386 g/mol. The van der Waals surface area contributed by atoms with Crippen LogP contribution in [0.15, 0.2) is 6.07 Å². The van der Waals surface area contributed by atoms with Crippen LogP contribution in [0.3, 0.4) is 0 Å². The normalized spacial score (nSPS) is 12.4. The smallest absolute Gasteiger partial charge is 0.405 e. The quantitative estimate of drug-likeness (QED) is 0.442. The SMILES string of the molecule is O=C(Cl)c1nc(C(F)(F)F)cc(OC(F)(F)F)c1CBr. The monoisotopic (exact) mass is 385 g/mol. The highest BCUT2D eigenvalue weighted by Gasteiger charge is 2.38. The zero-order valence-electron chi connectivity index (χ0n) is 9.07. The van der Waals surface area contributed by atoms with Crippen LogP contribution in [0.4, 0.5) is 26.3 Å². The second kappa shape index (κ2) is 5.76. The van der Waals surface area contributed by atoms with Crippen molar-refractivity contribution in [2.24, 2.45) is 0 Å². The van der Waals surface area contributed by atoms with Gasteiger partial charge in [-0.2, -0.15) is 13.2 Å². The lowest BCUT2D eigenvalue weighted by atomic mass is 10.1. The molecule has 0 fully saturated rings. The summed E-state index contributed by atoms with van der Waals surface area (Å²) >= 11 is 7.76. The number of alkyl halides is 7. The van der Waals surface area contributed by atoms with Crippen molar-refractivity contribution in [3.05, 3.63) is 23.0 Å². The molecule has 0 radical (unpaired) electrons. The van der Waals surface area contributed by atoms with E-state index < -0.39 is 45.8 Å². The van der Waals surface area contributed by atoms with Gasteiger partial charge in [-0.3, -0.25) is 4.79 Å². The molecular weight excluding hydrogens is 383 g/mol. The summed E-state index contributed by atoms with van der Waals surface area (Å²) in [5.74, 6) is -1.19. The maximum absolute atomic E-state index is 12.5. The minimum Gasteiger partial charge on any atom is -0.405 e. The van der Waals surface area contributed by atoms with E-state index in [1.165, 1.54) is 0 Å². The highest BCUT2D eigenvalue weighted by Crippen LogP contribution is 2.36. The number of halogens is 8. The van der Waals surface area contributed by atoms with Crippen molar-refractivity contribution in [1.82, 2.24) is 4.98 Å². The Kier molecular flexibility index (Phi) is 4.90. The molecule has 11 heteroatoms. The molecule has 0 bridgehead atoms. The van der Waals surface area contributed by atoms with E-state index in [9.17, 15) is 31.1 Å². The Morgan fingerprint density at radius 1 is 1.30 bits per heavy atom. The summed E-state index contributed by atoms with van der Waals surface area (Å²) in [6, 6.07) is 0.0490. The van der Waals surface area contributed by atoms with Gasteiger partial charge < -0.3 is 4.74 Å². The number of aromatic nitrogens is 1. The first-order valence-electron chi connectivity index (χ1n) is 4.58. The summed E-state index contributed by atoms with van der Waals surface area (Å²) in [4.78, 5) is 13.9. The molecule has 0 saturated heterocycles. The van der Waals surface area contributed by atoms with Crippen molar-refractivity contribution in [2.75, 3.05) is 0 Å². The minimum absolute atomic E-state index is 0.0490. The van der Waals surface area contributed by atoms with Crippen LogP contribution in [0.1, 0.15) is 21.7 Å². The van der Waals surface area contributed by atoms with Gasteiger partial charge in [-0.1, -0.05) is 15.9 Å². The highest BCUT2D eigenvalue weighted by atomic mass is 79.9. The molecule has 3 nitrogen and oxygen atoms in total. The number of hydrogen-bond acceptors (Lipinski definition) is 3. The number of hydrogen-bond donors (Lipinski definition) is 0. The van der Waals surface area contributed by atoms with Crippen LogP contribution in [0, 0.1) is 0 Å². The Bertz CT molecular complexity index is 530. The molecule has 1 heterocycles. The van der Waals surface area contributed by atoms with E-state index >= 15 is 0 Å². The van der Waals surface area contributed by atoms with Crippen LogP contribution in [0.25, 0.3) is 0 Å². The van der Waals surface area contributed by atoms with E-state index in [0.29, 0.717) is 0 Å². The van der Waals surface area contributed by atoms with E-state index in [1.54, 1.807) is 0 Å². The summed E-state index contributed by atoms with van der Waals surface area (Å²) in [5, 5.41) is -1.84. The fourth-order valence-corrected chi connectivity index (χ4v) is 1.90. The molecule has 0 saturated carbocycles. The molecule has 0 atom stereocenters. The first kappa shape index (κ1) is 17.0. The Morgan fingerprint density at radius 2 is 1.85 bits per heavy atom. The van der Waals surface area contributed by atoms with Gasteiger partial charge in [0.2, 0.25) is 0 Å². The zero-order chi connectivity index (χ0) is 15.7. The standard InChI is InChI=1S/C9H3BrClF6NO2/c10-2-3-4(20-9(15,16)17)1-5(8(12,13)14)18-6(3)7(11)19/h1H,2H2. The molecule has 112 valence electrons. The summed E-state index contributed by atoms with van der Waals surface area (Å²) in [6.07, 6.45) is -10.3. The topological polar surface area (TPSA) is 39.2 Å². The van der Waals surface area contributed by atoms with Crippen molar-refractivity contribution in [2.45, 2.75) is 17.9 Å². The van der Waals surface area contributed by atoms with E-state index in [0.717, 1.165) is 0 Å². The van der Waals surface area contributed by atoms with Gasteiger partial charge in [0, 0.05) is 17.0 Å². The van der Waals surface area contributed by atoms with E-state index in [4.69, 9.17) is 11.6 Å². The van der Waals surface area contributed by atoms with Crippen molar-refractivity contribution >= 4 is 32.8 Å². The lowest BCUT2D eigenvalue weighted by Gasteiger charge is -2.16. The summed E-state index contributed by atoms with van der Waals surface area (Å²) in [7, 11) is 0. The number of rotatable bonds is 3. The predicted octanol–water partition coefficient (Wildman–Crippen LogP) is 4.27. The molecule has 1 aromatic heterocycles. The Hall–Kier alpha value is -1.03. The molecule has 1 aromatic rings. The number of carbonyl (C=O) groups excluding carboxylic acids is 1. The van der Waals surface area contributed by atoms with Gasteiger partial charge >= 0.3 is 12.5 Å². The third-order valence-corrected chi connectivity index (χ3v) is 2.66. The van der Waals surface area contributed by atoms with Crippen LogP contribution in [-0.2, 0) is 11.5 Å². The van der Waals surface area contributed by atoms with Crippen molar-refractivity contribution < 1.29 is 35.9 Å². The third kappa shape index (κ3) is 4.23. The fourth-order valence-electron chi connectivity index (χ4n) is 1.20. The van der Waals surface area contributed by atoms with Crippen LogP contribution in [0.2, 0.25) is 0 Å². The average Bonchev–Trinajstić information content (AvgIpc) is 2.24. The number of carbonyl (C=O) groups is 1.